The number of amides is 2. The van der Waals surface area contributed by atoms with Gasteiger partial charge in [0.05, 0.1) is 0 Å². The maximum Gasteiger partial charge on any atom is 0.437 e. The second kappa shape index (κ2) is 9.49. The number of hydrogen-bond donors (Lipinski definition) is 1. The minimum absolute atomic E-state index is 0.0499. The highest BCUT2D eigenvalue weighted by Gasteiger charge is 2.24. The number of nitrogens with zero attached hydrogens (tertiary/aromatic N) is 2. The van der Waals surface area contributed by atoms with Gasteiger partial charge >= 0.3 is 12.2 Å². The lowest BCUT2D eigenvalue weighted by atomic mass is 9.98. The predicted octanol–water partition coefficient (Wildman–Crippen LogP) is 5.04. The van der Waals surface area contributed by atoms with Crippen molar-refractivity contribution in [3.8, 4) is 0 Å². The summed E-state index contributed by atoms with van der Waals surface area (Å²) >= 11 is 0. The van der Waals surface area contributed by atoms with Crippen LogP contribution in [0.2, 0.25) is 0 Å². The molecule has 0 spiro atoms. The summed E-state index contributed by atoms with van der Waals surface area (Å²) in [7, 11) is 0. The number of rotatable bonds is 1. The van der Waals surface area contributed by atoms with Gasteiger partial charge < -0.3 is 14.4 Å². The molecule has 0 atom stereocenters. The molecule has 1 aliphatic heterocycles. The summed E-state index contributed by atoms with van der Waals surface area (Å²) in [6.45, 7) is 13.0. The van der Waals surface area contributed by atoms with Crippen LogP contribution in [0, 0.1) is 12.7 Å². The van der Waals surface area contributed by atoms with Crippen molar-refractivity contribution in [1.82, 2.24) is 10.2 Å². The third-order valence-electron chi connectivity index (χ3n) is 4.25. The molecule has 1 aliphatic rings. The van der Waals surface area contributed by atoms with Gasteiger partial charge in [0.15, 0.2) is 0 Å². The summed E-state index contributed by atoms with van der Waals surface area (Å²) in [4.78, 5) is 30.2. The number of aliphatic imine (C=N–C) groups is 1. The topological polar surface area (TPSA) is 80.2 Å². The molecule has 1 heterocycles. The largest absolute Gasteiger partial charge is 0.444 e. The van der Waals surface area contributed by atoms with Crippen molar-refractivity contribution >= 4 is 23.7 Å². The number of carbonyl (C=O) groups is 2. The Morgan fingerprint density at radius 1 is 1.10 bits per heavy atom. The smallest absolute Gasteiger partial charge is 0.437 e. The van der Waals surface area contributed by atoms with E-state index in [1.54, 1.807) is 59.4 Å². The van der Waals surface area contributed by atoms with Crippen LogP contribution in [0.3, 0.4) is 0 Å². The van der Waals surface area contributed by atoms with E-state index in [0.29, 0.717) is 25.1 Å². The number of alkyl carbamates (subject to hydrolysis) is 1. The van der Waals surface area contributed by atoms with Crippen molar-refractivity contribution in [2.75, 3.05) is 13.1 Å². The van der Waals surface area contributed by atoms with Gasteiger partial charge in [-0.3, -0.25) is 5.32 Å². The van der Waals surface area contributed by atoms with Gasteiger partial charge in [-0.25, -0.2) is 14.0 Å². The zero-order valence-corrected chi connectivity index (χ0v) is 19.3. The number of aryl methyl sites for hydroxylation is 1. The highest BCUT2D eigenvalue weighted by atomic mass is 19.1. The Morgan fingerprint density at radius 3 is 2.26 bits per heavy atom. The van der Waals surface area contributed by atoms with Gasteiger partial charge in [0.25, 0.3) is 0 Å². The van der Waals surface area contributed by atoms with E-state index in [1.165, 1.54) is 6.07 Å². The fourth-order valence-electron chi connectivity index (χ4n) is 2.86. The van der Waals surface area contributed by atoms with E-state index >= 15 is 0 Å². The van der Waals surface area contributed by atoms with Crippen LogP contribution in [-0.4, -0.2) is 47.3 Å². The lowest BCUT2D eigenvalue weighted by molar-refractivity contribution is 0.0555. The standard InChI is InChI=1S/C23H32FN3O4/c1-15-8-9-17(14-18(15)24)16-10-12-27(13-11-16)19(25-20(28)30-22(2,3)4)26-21(29)31-23(5,6)7/h8-10,14H,11-13H2,1-7H3,(H,25,26,28,29). The van der Waals surface area contributed by atoms with E-state index in [0.717, 1.165) is 11.1 Å². The first-order valence-corrected chi connectivity index (χ1v) is 10.3. The summed E-state index contributed by atoms with van der Waals surface area (Å²) in [5.41, 5.74) is 0.973. The molecule has 170 valence electrons. The molecule has 31 heavy (non-hydrogen) atoms. The molecule has 2 amide bonds. The SMILES string of the molecule is Cc1ccc(C2=CCN(C(=NC(=O)OC(C)(C)C)NC(=O)OC(C)(C)C)CC2)cc1F. The Hall–Kier alpha value is -2.90. The molecule has 2 rings (SSSR count). The summed E-state index contributed by atoms with van der Waals surface area (Å²) in [6, 6.07) is 5.15. The van der Waals surface area contributed by atoms with E-state index in [-0.39, 0.29) is 11.8 Å². The third kappa shape index (κ3) is 8.03. The Labute approximate surface area is 183 Å². The number of halogens is 1. The first-order chi connectivity index (χ1) is 14.2. The zero-order valence-electron chi connectivity index (χ0n) is 19.3. The maximum absolute atomic E-state index is 13.9. The van der Waals surface area contributed by atoms with Crippen LogP contribution in [0.1, 0.15) is 59.1 Å². The Bertz CT molecular complexity index is 895. The van der Waals surface area contributed by atoms with Gasteiger partial charge in [0, 0.05) is 13.1 Å². The molecule has 8 heteroatoms. The third-order valence-corrected chi connectivity index (χ3v) is 4.25. The first kappa shape index (κ1) is 24.4. The lowest BCUT2D eigenvalue weighted by Gasteiger charge is -2.30. The van der Waals surface area contributed by atoms with Gasteiger partial charge in [0.2, 0.25) is 5.96 Å². The predicted molar refractivity (Wildman–Crippen MR) is 118 cm³/mol. The van der Waals surface area contributed by atoms with E-state index in [1.807, 2.05) is 12.1 Å². The number of nitrogens with one attached hydrogen (secondary N) is 1. The van der Waals surface area contributed by atoms with E-state index < -0.39 is 23.4 Å². The summed E-state index contributed by atoms with van der Waals surface area (Å²) in [5, 5.41) is 2.56. The molecule has 0 unspecified atom stereocenters. The van der Waals surface area contributed by atoms with E-state index in [4.69, 9.17) is 9.47 Å². The van der Waals surface area contributed by atoms with Crippen molar-refractivity contribution in [2.45, 2.75) is 66.1 Å². The second-order valence-electron chi connectivity index (χ2n) is 9.43. The molecule has 0 saturated heterocycles. The minimum Gasteiger partial charge on any atom is -0.444 e. The number of hydrogen-bond acceptors (Lipinski definition) is 4. The van der Waals surface area contributed by atoms with Crippen molar-refractivity contribution in [1.29, 1.82) is 0 Å². The molecule has 0 fully saturated rings. The second-order valence-corrected chi connectivity index (χ2v) is 9.43. The van der Waals surface area contributed by atoms with Gasteiger partial charge in [-0.05, 0) is 77.7 Å². The van der Waals surface area contributed by atoms with Crippen molar-refractivity contribution in [2.24, 2.45) is 4.99 Å². The Morgan fingerprint density at radius 2 is 1.74 bits per heavy atom. The quantitative estimate of drug-likeness (QED) is 0.496. The highest BCUT2D eigenvalue weighted by molar-refractivity contribution is 5.99. The normalized spacial score (nSPS) is 15.3. The Balaban J connectivity index is 2.21. The van der Waals surface area contributed by atoms with Crippen molar-refractivity contribution < 1.29 is 23.5 Å². The maximum atomic E-state index is 13.9. The number of carbonyl (C=O) groups excluding carboxylic acids is 2. The average Bonchev–Trinajstić information content (AvgIpc) is 2.60. The number of ether oxygens (including phenoxy) is 2. The molecule has 1 aromatic carbocycles. The summed E-state index contributed by atoms with van der Waals surface area (Å²) < 4.78 is 24.5. The highest BCUT2D eigenvalue weighted by Crippen LogP contribution is 2.24. The molecule has 0 aliphatic carbocycles. The molecule has 0 bridgehead atoms. The fraction of sp³-hybridized carbons (Fsp3) is 0.522. The average molecular weight is 434 g/mol. The van der Waals surface area contributed by atoms with Crippen LogP contribution in [0.25, 0.3) is 5.57 Å². The van der Waals surface area contributed by atoms with Gasteiger partial charge in [0.1, 0.15) is 17.0 Å². The molecular formula is C23H32FN3O4. The molecular weight excluding hydrogens is 401 g/mol. The van der Waals surface area contributed by atoms with Crippen LogP contribution < -0.4 is 5.32 Å². The molecule has 1 aromatic rings. The molecule has 7 nitrogen and oxygen atoms in total. The molecule has 0 radical (unpaired) electrons. The van der Waals surface area contributed by atoms with Crippen molar-refractivity contribution in [3.63, 3.8) is 0 Å². The van der Waals surface area contributed by atoms with Crippen LogP contribution in [-0.2, 0) is 9.47 Å². The van der Waals surface area contributed by atoms with Crippen LogP contribution in [0.4, 0.5) is 14.0 Å². The fourth-order valence-corrected chi connectivity index (χ4v) is 2.86. The Kier molecular flexibility index (Phi) is 7.46. The summed E-state index contributed by atoms with van der Waals surface area (Å²) in [5.74, 6) is -0.200. The van der Waals surface area contributed by atoms with E-state index in [9.17, 15) is 14.0 Å². The van der Waals surface area contributed by atoms with Crippen LogP contribution in [0.15, 0.2) is 29.3 Å². The van der Waals surface area contributed by atoms with Crippen LogP contribution in [0.5, 0.6) is 0 Å². The van der Waals surface area contributed by atoms with Crippen LogP contribution >= 0.6 is 0 Å². The molecule has 0 saturated carbocycles. The lowest BCUT2D eigenvalue weighted by Crippen LogP contribution is -2.48. The van der Waals surface area contributed by atoms with Gasteiger partial charge in [-0.1, -0.05) is 18.2 Å². The van der Waals surface area contributed by atoms with Gasteiger partial charge in [-0.2, -0.15) is 0 Å². The monoisotopic (exact) mass is 433 g/mol. The van der Waals surface area contributed by atoms with Gasteiger partial charge in [-0.15, -0.1) is 4.99 Å². The molecule has 0 aromatic heterocycles. The minimum atomic E-state index is -0.811. The molecule has 1 N–H and O–H groups in total. The summed E-state index contributed by atoms with van der Waals surface area (Å²) in [6.07, 6.45) is 0.986. The van der Waals surface area contributed by atoms with E-state index in [2.05, 4.69) is 10.3 Å². The number of benzene rings is 1. The zero-order chi connectivity index (χ0) is 23.4. The van der Waals surface area contributed by atoms with Crippen molar-refractivity contribution in [3.05, 3.63) is 41.2 Å². The first-order valence-electron chi connectivity index (χ1n) is 10.3. The number of guanidine groups is 1.